The van der Waals surface area contributed by atoms with E-state index in [9.17, 15) is 5.11 Å². The lowest BCUT2D eigenvalue weighted by atomic mass is 9.93. The zero-order valence-electron chi connectivity index (χ0n) is 12.5. The van der Waals surface area contributed by atoms with Crippen LogP contribution in [0, 0.1) is 0 Å². The molecule has 0 bridgehead atoms. The smallest absolute Gasteiger partial charge is 0.115 e. The second kappa shape index (κ2) is 7.07. The molecule has 1 aromatic rings. The third-order valence-corrected chi connectivity index (χ3v) is 4.38. The first-order chi connectivity index (χ1) is 9.69. The van der Waals surface area contributed by atoms with Gasteiger partial charge in [-0.25, -0.2) is 0 Å². The van der Waals surface area contributed by atoms with E-state index in [2.05, 4.69) is 11.8 Å². The number of hydrogen-bond donors (Lipinski definition) is 2. The Balaban J connectivity index is 2.15. The lowest BCUT2D eigenvalue weighted by molar-refractivity contribution is -0.00555. The van der Waals surface area contributed by atoms with Crippen molar-refractivity contribution in [2.75, 3.05) is 20.2 Å². The van der Waals surface area contributed by atoms with Gasteiger partial charge < -0.3 is 15.6 Å². The van der Waals surface area contributed by atoms with Crippen molar-refractivity contribution in [2.45, 2.75) is 44.4 Å². The third-order valence-electron chi connectivity index (χ3n) is 4.38. The minimum absolute atomic E-state index is 0.317. The van der Waals surface area contributed by atoms with Gasteiger partial charge in [-0.05, 0) is 37.0 Å². The predicted molar refractivity (Wildman–Crippen MR) is 80.7 cm³/mol. The number of likely N-dealkylation sites (tertiary alicyclic amines) is 1. The maximum atomic E-state index is 9.44. The monoisotopic (exact) mass is 278 g/mol. The summed E-state index contributed by atoms with van der Waals surface area (Å²) in [4.78, 5) is 2.50. The Morgan fingerprint density at radius 1 is 1.40 bits per heavy atom. The van der Waals surface area contributed by atoms with Crippen LogP contribution in [-0.4, -0.2) is 42.4 Å². The van der Waals surface area contributed by atoms with Crippen LogP contribution in [0.1, 0.15) is 37.8 Å². The maximum absolute atomic E-state index is 9.44. The summed E-state index contributed by atoms with van der Waals surface area (Å²) in [5.74, 6) is 0.317. The highest BCUT2D eigenvalue weighted by Crippen LogP contribution is 2.32. The summed E-state index contributed by atoms with van der Waals surface area (Å²) >= 11 is 0. The Morgan fingerprint density at radius 2 is 2.10 bits per heavy atom. The van der Waals surface area contributed by atoms with E-state index >= 15 is 0 Å². The fourth-order valence-electron chi connectivity index (χ4n) is 3.25. The summed E-state index contributed by atoms with van der Waals surface area (Å²) in [6.45, 7) is 3.88. The quantitative estimate of drug-likeness (QED) is 0.867. The summed E-state index contributed by atoms with van der Waals surface area (Å²) in [6, 6.07) is 8.28. The molecule has 20 heavy (non-hydrogen) atoms. The molecule has 1 heterocycles. The molecule has 0 aliphatic carbocycles. The molecule has 2 rings (SSSR count). The van der Waals surface area contributed by atoms with Crippen molar-refractivity contribution in [1.29, 1.82) is 0 Å². The molecule has 1 fully saturated rings. The first-order valence-corrected chi connectivity index (χ1v) is 7.47. The van der Waals surface area contributed by atoms with Crippen LogP contribution < -0.4 is 5.73 Å². The van der Waals surface area contributed by atoms with Gasteiger partial charge >= 0.3 is 0 Å². The third kappa shape index (κ3) is 3.32. The van der Waals surface area contributed by atoms with Gasteiger partial charge in [-0.2, -0.15) is 0 Å². The summed E-state index contributed by atoms with van der Waals surface area (Å²) in [6.07, 6.45) is 3.43. The maximum Gasteiger partial charge on any atom is 0.115 e. The van der Waals surface area contributed by atoms with Crippen molar-refractivity contribution in [1.82, 2.24) is 4.90 Å². The first-order valence-electron chi connectivity index (χ1n) is 7.47. The minimum Gasteiger partial charge on any atom is -0.508 e. The van der Waals surface area contributed by atoms with Crippen LogP contribution in [0.3, 0.4) is 0 Å². The summed E-state index contributed by atoms with van der Waals surface area (Å²) in [5, 5.41) is 9.44. The van der Waals surface area contributed by atoms with Crippen molar-refractivity contribution in [3.05, 3.63) is 29.8 Å². The topological polar surface area (TPSA) is 58.7 Å². The van der Waals surface area contributed by atoms with E-state index in [4.69, 9.17) is 10.5 Å². The van der Waals surface area contributed by atoms with Gasteiger partial charge in [0.15, 0.2) is 0 Å². The number of benzene rings is 1. The number of nitrogens with two attached hydrogens (primary N) is 1. The van der Waals surface area contributed by atoms with E-state index < -0.39 is 0 Å². The molecular formula is C16H26N2O2. The molecule has 1 saturated heterocycles. The first kappa shape index (κ1) is 15.3. The second-order valence-electron chi connectivity index (χ2n) is 5.53. The largest absolute Gasteiger partial charge is 0.508 e. The Morgan fingerprint density at radius 3 is 2.65 bits per heavy atom. The average Bonchev–Trinajstić information content (AvgIpc) is 2.50. The number of ether oxygens (including phenoxy) is 1. The van der Waals surface area contributed by atoms with E-state index in [0.717, 1.165) is 25.8 Å². The number of hydrogen-bond acceptors (Lipinski definition) is 4. The van der Waals surface area contributed by atoms with Crippen LogP contribution in [0.5, 0.6) is 5.75 Å². The number of methoxy groups -OCH3 is 1. The minimum atomic E-state index is 0.317. The molecule has 0 radical (unpaired) electrons. The van der Waals surface area contributed by atoms with E-state index in [1.165, 1.54) is 5.56 Å². The van der Waals surface area contributed by atoms with Gasteiger partial charge in [0.1, 0.15) is 5.75 Å². The Bertz CT molecular complexity index is 407. The van der Waals surface area contributed by atoms with Crippen molar-refractivity contribution in [3.63, 3.8) is 0 Å². The number of phenols is 1. The zero-order valence-corrected chi connectivity index (χ0v) is 12.5. The Hall–Kier alpha value is -1.10. The van der Waals surface area contributed by atoms with Gasteiger partial charge in [0, 0.05) is 32.3 Å². The molecule has 0 amide bonds. The van der Waals surface area contributed by atoms with Crippen LogP contribution in [0.2, 0.25) is 0 Å². The molecule has 3 unspecified atom stereocenters. The lowest BCUT2D eigenvalue weighted by Crippen LogP contribution is -2.49. The fourth-order valence-corrected chi connectivity index (χ4v) is 3.25. The number of piperidine rings is 1. The standard InChI is InChI=1S/C16H26N2O2/c1-3-16(12-4-6-14(19)7-5-12)18-9-8-15(20-2)10-13(18)11-17/h4-7,13,15-16,19H,3,8-11,17H2,1-2H3. The van der Waals surface area contributed by atoms with E-state index in [1.807, 2.05) is 12.1 Å². The average molecular weight is 278 g/mol. The molecule has 1 aliphatic heterocycles. The molecule has 4 nitrogen and oxygen atoms in total. The number of aromatic hydroxyl groups is 1. The highest BCUT2D eigenvalue weighted by molar-refractivity contribution is 5.28. The van der Waals surface area contributed by atoms with E-state index in [0.29, 0.717) is 30.5 Å². The molecule has 0 saturated carbocycles. The van der Waals surface area contributed by atoms with E-state index in [-0.39, 0.29) is 0 Å². The van der Waals surface area contributed by atoms with Gasteiger partial charge in [0.25, 0.3) is 0 Å². The number of nitrogens with zero attached hydrogens (tertiary/aromatic N) is 1. The molecule has 1 aromatic carbocycles. The van der Waals surface area contributed by atoms with Gasteiger partial charge in [-0.15, -0.1) is 0 Å². The van der Waals surface area contributed by atoms with Crippen molar-refractivity contribution < 1.29 is 9.84 Å². The second-order valence-corrected chi connectivity index (χ2v) is 5.53. The van der Waals surface area contributed by atoms with Crippen LogP contribution in [0.4, 0.5) is 0 Å². The predicted octanol–water partition coefficient (Wildman–Crippen LogP) is 2.28. The highest BCUT2D eigenvalue weighted by Gasteiger charge is 2.32. The van der Waals surface area contributed by atoms with Crippen LogP contribution in [0.15, 0.2) is 24.3 Å². The van der Waals surface area contributed by atoms with Gasteiger partial charge in [0.2, 0.25) is 0 Å². The summed E-state index contributed by atoms with van der Waals surface area (Å²) < 4.78 is 5.49. The van der Waals surface area contributed by atoms with Crippen LogP contribution in [-0.2, 0) is 4.74 Å². The van der Waals surface area contributed by atoms with Crippen LogP contribution >= 0.6 is 0 Å². The summed E-state index contributed by atoms with van der Waals surface area (Å²) in [7, 11) is 1.78. The highest BCUT2D eigenvalue weighted by atomic mass is 16.5. The van der Waals surface area contributed by atoms with Crippen LogP contribution in [0.25, 0.3) is 0 Å². The van der Waals surface area contributed by atoms with Crippen molar-refractivity contribution >= 4 is 0 Å². The molecule has 0 aromatic heterocycles. The molecule has 3 N–H and O–H groups in total. The molecule has 1 aliphatic rings. The molecule has 112 valence electrons. The summed E-state index contributed by atoms with van der Waals surface area (Å²) in [5.41, 5.74) is 7.22. The fraction of sp³-hybridized carbons (Fsp3) is 0.625. The van der Waals surface area contributed by atoms with Crippen molar-refractivity contribution in [2.24, 2.45) is 5.73 Å². The van der Waals surface area contributed by atoms with E-state index in [1.54, 1.807) is 19.2 Å². The van der Waals surface area contributed by atoms with Gasteiger partial charge in [0.05, 0.1) is 6.10 Å². The number of phenolic OH excluding ortho intramolecular Hbond substituents is 1. The molecular weight excluding hydrogens is 252 g/mol. The Labute approximate surface area is 121 Å². The van der Waals surface area contributed by atoms with Gasteiger partial charge in [-0.1, -0.05) is 19.1 Å². The van der Waals surface area contributed by atoms with Crippen molar-refractivity contribution in [3.8, 4) is 5.75 Å². The number of rotatable bonds is 5. The lowest BCUT2D eigenvalue weighted by Gasteiger charge is -2.43. The van der Waals surface area contributed by atoms with Gasteiger partial charge in [-0.3, -0.25) is 4.90 Å². The normalized spacial score (nSPS) is 25.6. The molecule has 0 spiro atoms. The zero-order chi connectivity index (χ0) is 14.5. The SMILES string of the molecule is CCC(c1ccc(O)cc1)N1CCC(OC)CC1CN. The molecule has 4 heteroatoms. The Kier molecular flexibility index (Phi) is 5.40. The molecule has 3 atom stereocenters.